The van der Waals surface area contributed by atoms with Crippen LogP contribution in [0.1, 0.15) is 56.6 Å². The van der Waals surface area contributed by atoms with Gasteiger partial charge in [-0.3, -0.25) is 4.79 Å². The molecule has 4 rings (SSSR count). The molecule has 0 saturated heterocycles. The fourth-order valence-electron chi connectivity index (χ4n) is 4.84. The number of dihydropyridines is 1. The van der Waals surface area contributed by atoms with E-state index in [0.29, 0.717) is 28.8 Å². The highest BCUT2D eigenvalue weighted by molar-refractivity contribution is 9.10. The third-order valence-electron chi connectivity index (χ3n) is 6.25. The number of halogens is 2. The van der Waals surface area contributed by atoms with E-state index in [9.17, 15) is 14.0 Å². The molecule has 34 heavy (non-hydrogen) atoms. The minimum absolute atomic E-state index is 0.0579. The number of esters is 1. The van der Waals surface area contributed by atoms with Crippen molar-refractivity contribution in [2.75, 3.05) is 7.11 Å². The zero-order chi connectivity index (χ0) is 24.6. The van der Waals surface area contributed by atoms with Crippen molar-refractivity contribution < 1.29 is 23.5 Å². The Morgan fingerprint density at radius 3 is 2.59 bits per heavy atom. The van der Waals surface area contributed by atoms with Gasteiger partial charge in [-0.2, -0.15) is 0 Å². The molecule has 1 aliphatic carbocycles. The number of nitrogens with one attached hydrogen (secondary N) is 1. The number of carbonyl (C=O) groups excluding carboxylic acids is 2. The second-order valence-corrected chi connectivity index (χ2v) is 9.74. The van der Waals surface area contributed by atoms with E-state index < -0.39 is 17.7 Å². The van der Waals surface area contributed by atoms with Crippen LogP contribution in [0.3, 0.4) is 0 Å². The summed E-state index contributed by atoms with van der Waals surface area (Å²) in [5, 5.41) is 3.33. The summed E-state index contributed by atoms with van der Waals surface area (Å²) in [7, 11) is 1.62. The summed E-state index contributed by atoms with van der Waals surface area (Å²) in [5.74, 6) is -0.926. The Labute approximate surface area is 207 Å². The molecule has 7 heteroatoms. The normalized spacial score (nSPS) is 20.3. The van der Waals surface area contributed by atoms with Crippen molar-refractivity contribution in [3.05, 3.63) is 86.4 Å². The van der Waals surface area contributed by atoms with Crippen LogP contribution in [0.2, 0.25) is 0 Å². The fourth-order valence-corrected chi connectivity index (χ4v) is 5.23. The summed E-state index contributed by atoms with van der Waals surface area (Å²) in [4.78, 5) is 26.8. The lowest BCUT2D eigenvalue weighted by Crippen LogP contribution is -2.36. The first-order valence-electron chi connectivity index (χ1n) is 11.2. The molecule has 0 spiro atoms. The van der Waals surface area contributed by atoms with Gasteiger partial charge in [0.15, 0.2) is 5.78 Å². The molecule has 1 N–H and O–H groups in total. The lowest BCUT2D eigenvalue weighted by atomic mass is 9.71. The number of methoxy groups -OCH3 is 1. The lowest BCUT2D eigenvalue weighted by molar-refractivity contribution is -0.143. The van der Waals surface area contributed by atoms with Gasteiger partial charge in [-0.05, 0) is 72.4 Å². The van der Waals surface area contributed by atoms with Crippen LogP contribution < -0.4 is 10.1 Å². The standard InChI is InChI=1S/C27H27BrFNO4/c1-14(2)34-27(32)24-15(3)30-21-12-17(18-7-5-6-8-23(18)33-4)13-22(31)26(21)25(24)16-9-10-20(29)19(28)11-16/h5-11,14,17,25,30H,12-13H2,1-4H3/t17-,25-/m1/s1. The van der Waals surface area contributed by atoms with E-state index in [4.69, 9.17) is 9.47 Å². The molecule has 178 valence electrons. The van der Waals surface area contributed by atoms with Crippen LogP contribution in [-0.2, 0) is 14.3 Å². The third kappa shape index (κ3) is 4.53. The highest BCUT2D eigenvalue weighted by Crippen LogP contribution is 2.47. The molecule has 5 nitrogen and oxygen atoms in total. The number of para-hydroxylation sites is 1. The highest BCUT2D eigenvalue weighted by atomic mass is 79.9. The van der Waals surface area contributed by atoms with Crippen LogP contribution in [0, 0.1) is 5.82 Å². The number of allylic oxidation sites excluding steroid dienone is 3. The van der Waals surface area contributed by atoms with E-state index in [2.05, 4.69) is 21.2 Å². The molecular formula is C27H27BrFNO4. The predicted octanol–water partition coefficient (Wildman–Crippen LogP) is 5.91. The van der Waals surface area contributed by atoms with E-state index in [-0.39, 0.29) is 28.7 Å². The summed E-state index contributed by atoms with van der Waals surface area (Å²) in [5.41, 5.74) is 3.93. The Kier molecular flexibility index (Phi) is 6.94. The summed E-state index contributed by atoms with van der Waals surface area (Å²) < 4.78 is 25.4. The number of benzene rings is 2. The highest BCUT2D eigenvalue weighted by Gasteiger charge is 2.42. The number of rotatable bonds is 5. The second-order valence-electron chi connectivity index (χ2n) is 8.89. The van der Waals surface area contributed by atoms with Crippen molar-refractivity contribution in [3.8, 4) is 5.75 Å². The average molecular weight is 528 g/mol. The number of ether oxygens (including phenoxy) is 2. The molecule has 1 heterocycles. The van der Waals surface area contributed by atoms with Gasteiger partial charge in [-0.1, -0.05) is 24.3 Å². The molecule has 0 aromatic heterocycles. The van der Waals surface area contributed by atoms with E-state index in [1.54, 1.807) is 33.1 Å². The zero-order valence-corrected chi connectivity index (χ0v) is 21.2. The van der Waals surface area contributed by atoms with Crippen molar-refractivity contribution in [2.24, 2.45) is 0 Å². The van der Waals surface area contributed by atoms with Gasteiger partial charge in [0.25, 0.3) is 0 Å². The van der Waals surface area contributed by atoms with Crippen LogP contribution in [0.5, 0.6) is 5.75 Å². The zero-order valence-electron chi connectivity index (χ0n) is 19.6. The van der Waals surface area contributed by atoms with Gasteiger partial charge >= 0.3 is 5.97 Å². The first-order chi connectivity index (χ1) is 16.2. The molecule has 1 aliphatic heterocycles. The number of carbonyl (C=O) groups is 2. The molecule has 0 saturated carbocycles. The minimum atomic E-state index is -0.648. The smallest absolute Gasteiger partial charge is 0.337 e. The van der Waals surface area contributed by atoms with Gasteiger partial charge in [-0.15, -0.1) is 0 Å². The first kappa shape index (κ1) is 24.2. The van der Waals surface area contributed by atoms with Gasteiger partial charge in [0.1, 0.15) is 11.6 Å². The maximum absolute atomic E-state index is 14.0. The molecule has 0 radical (unpaired) electrons. The van der Waals surface area contributed by atoms with Crippen LogP contribution in [0.15, 0.2) is 69.5 Å². The Balaban J connectivity index is 1.82. The van der Waals surface area contributed by atoms with Gasteiger partial charge in [-0.25, -0.2) is 9.18 Å². The molecule has 2 aromatic carbocycles. The molecule has 2 aromatic rings. The number of hydrogen-bond donors (Lipinski definition) is 1. The average Bonchev–Trinajstić information content (AvgIpc) is 2.79. The summed E-state index contributed by atoms with van der Waals surface area (Å²) in [6, 6.07) is 12.3. The number of hydrogen-bond acceptors (Lipinski definition) is 5. The maximum Gasteiger partial charge on any atom is 0.337 e. The molecular weight excluding hydrogens is 501 g/mol. The maximum atomic E-state index is 14.0. The Bertz CT molecular complexity index is 1220. The predicted molar refractivity (Wildman–Crippen MR) is 131 cm³/mol. The summed E-state index contributed by atoms with van der Waals surface area (Å²) in [6.45, 7) is 5.37. The van der Waals surface area contributed by atoms with Crippen molar-refractivity contribution in [2.45, 2.75) is 51.6 Å². The van der Waals surface area contributed by atoms with Crippen LogP contribution >= 0.6 is 15.9 Å². The lowest BCUT2D eigenvalue weighted by Gasteiger charge is -2.37. The first-order valence-corrected chi connectivity index (χ1v) is 12.0. The van der Waals surface area contributed by atoms with E-state index >= 15 is 0 Å². The largest absolute Gasteiger partial charge is 0.496 e. The number of Topliss-reactive ketones (excluding diaryl/α,β-unsaturated/α-hetero) is 1. The van der Waals surface area contributed by atoms with Gasteiger partial charge in [0, 0.05) is 35.2 Å². The Morgan fingerprint density at radius 2 is 1.91 bits per heavy atom. The van der Waals surface area contributed by atoms with Crippen molar-refractivity contribution in [3.63, 3.8) is 0 Å². The molecule has 0 fully saturated rings. The molecule has 2 atom stereocenters. The second kappa shape index (κ2) is 9.74. The van der Waals surface area contributed by atoms with Gasteiger partial charge in [0.2, 0.25) is 0 Å². The fraction of sp³-hybridized carbons (Fsp3) is 0.333. The van der Waals surface area contributed by atoms with Crippen molar-refractivity contribution in [1.29, 1.82) is 0 Å². The third-order valence-corrected chi connectivity index (χ3v) is 6.85. The van der Waals surface area contributed by atoms with E-state index in [0.717, 1.165) is 17.0 Å². The quantitative estimate of drug-likeness (QED) is 0.489. The SMILES string of the molecule is COc1ccccc1[C@H]1CC(=O)C2=C(C1)NC(C)=C(C(=O)OC(C)C)[C@H]2c1ccc(F)c(Br)c1. The molecule has 0 unspecified atom stereocenters. The van der Waals surface area contributed by atoms with Crippen LogP contribution in [0.25, 0.3) is 0 Å². The van der Waals surface area contributed by atoms with E-state index in [1.165, 1.54) is 6.07 Å². The molecule has 0 amide bonds. The van der Waals surface area contributed by atoms with Crippen molar-refractivity contribution in [1.82, 2.24) is 5.32 Å². The number of ketones is 1. The van der Waals surface area contributed by atoms with Crippen LogP contribution in [-0.4, -0.2) is 25.0 Å². The van der Waals surface area contributed by atoms with Crippen LogP contribution in [0.4, 0.5) is 4.39 Å². The Hall–Kier alpha value is -2.93. The monoisotopic (exact) mass is 527 g/mol. The molecule has 0 bridgehead atoms. The van der Waals surface area contributed by atoms with Gasteiger partial charge < -0.3 is 14.8 Å². The minimum Gasteiger partial charge on any atom is -0.496 e. The molecule has 2 aliphatic rings. The van der Waals surface area contributed by atoms with Gasteiger partial charge in [0.05, 0.1) is 23.3 Å². The topological polar surface area (TPSA) is 64.6 Å². The van der Waals surface area contributed by atoms with E-state index in [1.807, 2.05) is 31.2 Å². The summed E-state index contributed by atoms with van der Waals surface area (Å²) >= 11 is 3.25. The van der Waals surface area contributed by atoms with Crippen molar-refractivity contribution >= 4 is 27.7 Å². The Morgan fingerprint density at radius 1 is 1.18 bits per heavy atom. The summed E-state index contributed by atoms with van der Waals surface area (Å²) in [6.07, 6.45) is 0.552.